The van der Waals surface area contributed by atoms with Crippen molar-refractivity contribution in [1.82, 2.24) is 15.5 Å². The quantitative estimate of drug-likeness (QED) is 0.232. The molecular weight excluding hydrogens is 517 g/mol. The van der Waals surface area contributed by atoms with Gasteiger partial charge >= 0.3 is 0 Å². The molecule has 1 fully saturated rings. The van der Waals surface area contributed by atoms with Crippen LogP contribution >= 0.6 is 24.0 Å². The first-order valence-corrected chi connectivity index (χ1v) is 11.6. The fourth-order valence-corrected chi connectivity index (χ4v) is 3.55. The van der Waals surface area contributed by atoms with E-state index < -0.39 is 0 Å². The molecule has 0 aromatic heterocycles. The standard InChI is InChI=1S/C24H41N5O2.HI/c1-6-25-24(27-17-22(15-18(2)3)29-11-13-31-14-12-29)26-16-20-7-9-21(10-8-20)28-23(30)19(4)5;/h7-10,18-19,22H,6,11-17H2,1-5H3,(H,28,30)(H2,25,26,27);1H. The highest BCUT2D eigenvalue weighted by molar-refractivity contribution is 14.0. The SMILES string of the molecule is CCNC(=NCc1ccc(NC(=O)C(C)C)cc1)NCC(CC(C)C)N1CCOCC1.I. The third-order valence-electron chi connectivity index (χ3n) is 5.32. The summed E-state index contributed by atoms with van der Waals surface area (Å²) >= 11 is 0. The number of ether oxygens (including phenoxy) is 1. The van der Waals surface area contributed by atoms with Crippen LogP contribution in [0.5, 0.6) is 0 Å². The summed E-state index contributed by atoms with van der Waals surface area (Å²) in [6.45, 7) is 16.3. The number of nitrogens with zero attached hydrogens (tertiary/aromatic N) is 2. The largest absolute Gasteiger partial charge is 0.379 e. The van der Waals surface area contributed by atoms with Crippen molar-refractivity contribution in [1.29, 1.82) is 0 Å². The van der Waals surface area contributed by atoms with Gasteiger partial charge in [0.25, 0.3) is 0 Å². The summed E-state index contributed by atoms with van der Waals surface area (Å²) < 4.78 is 5.53. The minimum absolute atomic E-state index is 0. The van der Waals surface area contributed by atoms with Crippen LogP contribution in [0.25, 0.3) is 0 Å². The minimum Gasteiger partial charge on any atom is -0.379 e. The van der Waals surface area contributed by atoms with Crippen LogP contribution in [-0.2, 0) is 16.1 Å². The Labute approximate surface area is 211 Å². The summed E-state index contributed by atoms with van der Waals surface area (Å²) in [6.07, 6.45) is 1.15. The van der Waals surface area contributed by atoms with Crippen LogP contribution in [0.1, 0.15) is 46.6 Å². The molecule has 3 N–H and O–H groups in total. The number of anilines is 1. The summed E-state index contributed by atoms with van der Waals surface area (Å²) in [4.78, 5) is 19.1. The highest BCUT2D eigenvalue weighted by Gasteiger charge is 2.22. The van der Waals surface area contributed by atoms with Crippen molar-refractivity contribution >= 4 is 41.5 Å². The van der Waals surface area contributed by atoms with Crippen molar-refractivity contribution in [2.45, 2.75) is 53.6 Å². The first kappa shape index (κ1) is 28.6. The van der Waals surface area contributed by atoms with Crippen molar-refractivity contribution in [3.8, 4) is 0 Å². The number of nitrogens with one attached hydrogen (secondary N) is 3. The molecule has 1 amide bonds. The second-order valence-electron chi connectivity index (χ2n) is 8.85. The molecule has 1 saturated heterocycles. The smallest absolute Gasteiger partial charge is 0.226 e. The summed E-state index contributed by atoms with van der Waals surface area (Å²) in [5.41, 5.74) is 1.92. The van der Waals surface area contributed by atoms with Crippen molar-refractivity contribution in [2.75, 3.05) is 44.7 Å². The highest BCUT2D eigenvalue weighted by Crippen LogP contribution is 2.14. The van der Waals surface area contributed by atoms with Gasteiger partial charge in [-0.3, -0.25) is 9.69 Å². The fraction of sp³-hybridized carbons (Fsp3) is 0.667. The molecule has 0 saturated carbocycles. The Hall–Kier alpha value is -1.39. The normalized spacial score (nSPS) is 15.9. The van der Waals surface area contributed by atoms with E-state index >= 15 is 0 Å². The number of amides is 1. The predicted molar refractivity (Wildman–Crippen MR) is 144 cm³/mol. The maximum Gasteiger partial charge on any atom is 0.226 e. The lowest BCUT2D eigenvalue weighted by Gasteiger charge is -2.35. The number of guanidine groups is 1. The van der Waals surface area contributed by atoms with Gasteiger partial charge in [-0.2, -0.15) is 0 Å². The Morgan fingerprint density at radius 3 is 2.31 bits per heavy atom. The summed E-state index contributed by atoms with van der Waals surface area (Å²) in [5.74, 6) is 1.47. The van der Waals surface area contributed by atoms with E-state index in [1.54, 1.807) is 0 Å². The number of morpholine rings is 1. The topological polar surface area (TPSA) is 78.0 Å². The average Bonchev–Trinajstić information content (AvgIpc) is 2.76. The van der Waals surface area contributed by atoms with Crippen LogP contribution in [0.15, 0.2) is 29.3 Å². The molecule has 32 heavy (non-hydrogen) atoms. The number of hydrogen-bond acceptors (Lipinski definition) is 4. The molecule has 0 spiro atoms. The van der Waals surface area contributed by atoms with E-state index in [0.29, 0.717) is 18.5 Å². The number of halogens is 1. The van der Waals surface area contributed by atoms with Gasteiger partial charge in [-0.15, -0.1) is 24.0 Å². The molecule has 1 unspecified atom stereocenters. The van der Waals surface area contributed by atoms with Gasteiger partial charge in [0.2, 0.25) is 5.91 Å². The zero-order valence-corrected chi connectivity index (χ0v) is 22.6. The summed E-state index contributed by atoms with van der Waals surface area (Å²) in [6, 6.07) is 8.36. The Balaban J connectivity index is 0.00000512. The average molecular weight is 560 g/mol. The number of hydrogen-bond donors (Lipinski definition) is 3. The minimum atomic E-state index is -0.0324. The molecule has 1 aliphatic rings. The fourth-order valence-electron chi connectivity index (χ4n) is 3.55. The van der Waals surface area contributed by atoms with E-state index in [1.807, 2.05) is 38.1 Å². The van der Waals surface area contributed by atoms with Crippen LogP contribution in [0.3, 0.4) is 0 Å². The molecular formula is C24H42IN5O2. The predicted octanol–water partition coefficient (Wildman–Crippen LogP) is 3.70. The molecule has 8 heteroatoms. The van der Waals surface area contributed by atoms with Crippen LogP contribution in [0.4, 0.5) is 5.69 Å². The molecule has 0 aliphatic carbocycles. The van der Waals surface area contributed by atoms with Gasteiger partial charge < -0.3 is 20.7 Å². The van der Waals surface area contributed by atoms with Gasteiger partial charge in [-0.25, -0.2) is 4.99 Å². The van der Waals surface area contributed by atoms with Gasteiger partial charge in [-0.1, -0.05) is 39.8 Å². The number of benzene rings is 1. The Kier molecular flexibility index (Phi) is 13.8. The van der Waals surface area contributed by atoms with E-state index in [0.717, 1.165) is 63.0 Å². The van der Waals surface area contributed by atoms with Gasteiger partial charge in [0.15, 0.2) is 5.96 Å². The molecule has 1 aliphatic heterocycles. The lowest BCUT2D eigenvalue weighted by atomic mass is 10.0. The first-order valence-electron chi connectivity index (χ1n) is 11.6. The zero-order valence-electron chi connectivity index (χ0n) is 20.3. The molecule has 1 atom stereocenters. The number of carbonyl (C=O) groups excluding carboxylic acids is 1. The monoisotopic (exact) mass is 559 g/mol. The van der Waals surface area contributed by atoms with E-state index in [2.05, 4.69) is 41.6 Å². The Morgan fingerprint density at radius 2 is 1.75 bits per heavy atom. The van der Waals surface area contributed by atoms with E-state index in [4.69, 9.17) is 9.73 Å². The van der Waals surface area contributed by atoms with Crippen molar-refractivity contribution in [2.24, 2.45) is 16.8 Å². The molecule has 0 bridgehead atoms. The summed E-state index contributed by atoms with van der Waals surface area (Å²) in [7, 11) is 0. The Bertz CT molecular complexity index is 688. The van der Waals surface area contributed by atoms with Gasteiger partial charge in [0.05, 0.1) is 19.8 Å². The van der Waals surface area contributed by atoms with Crippen LogP contribution in [0, 0.1) is 11.8 Å². The van der Waals surface area contributed by atoms with E-state index in [-0.39, 0.29) is 35.8 Å². The van der Waals surface area contributed by atoms with Crippen molar-refractivity contribution in [3.63, 3.8) is 0 Å². The number of carbonyl (C=O) groups is 1. The Morgan fingerprint density at radius 1 is 1.09 bits per heavy atom. The van der Waals surface area contributed by atoms with Gasteiger partial charge in [0.1, 0.15) is 0 Å². The van der Waals surface area contributed by atoms with Crippen LogP contribution in [-0.4, -0.2) is 62.2 Å². The maximum atomic E-state index is 11.8. The molecule has 1 aromatic rings. The lowest BCUT2D eigenvalue weighted by Crippen LogP contribution is -2.51. The molecule has 1 aromatic carbocycles. The molecule has 7 nitrogen and oxygen atoms in total. The first-order chi connectivity index (χ1) is 14.9. The van der Waals surface area contributed by atoms with Gasteiger partial charge in [0, 0.05) is 43.8 Å². The number of aliphatic imine (C=N–C) groups is 1. The van der Waals surface area contributed by atoms with Crippen LogP contribution in [0.2, 0.25) is 0 Å². The molecule has 182 valence electrons. The molecule has 1 heterocycles. The second-order valence-corrected chi connectivity index (χ2v) is 8.85. The zero-order chi connectivity index (χ0) is 22.6. The van der Waals surface area contributed by atoms with E-state index in [9.17, 15) is 4.79 Å². The number of rotatable bonds is 10. The third-order valence-corrected chi connectivity index (χ3v) is 5.32. The maximum absolute atomic E-state index is 11.8. The molecule has 2 rings (SSSR count). The second kappa shape index (κ2) is 15.4. The highest BCUT2D eigenvalue weighted by atomic mass is 127. The summed E-state index contributed by atoms with van der Waals surface area (Å²) in [5, 5.41) is 9.82. The molecule has 0 radical (unpaired) electrons. The van der Waals surface area contributed by atoms with E-state index in [1.165, 1.54) is 0 Å². The van der Waals surface area contributed by atoms with Crippen LogP contribution < -0.4 is 16.0 Å². The third kappa shape index (κ3) is 10.5. The van der Waals surface area contributed by atoms with Crippen molar-refractivity contribution in [3.05, 3.63) is 29.8 Å². The van der Waals surface area contributed by atoms with Crippen molar-refractivity contribution < 1.29 is 9.53 Å². The lowest BCUT2D eigenvalue weighted by molar-refractivity contribution is -0.118. The van der Waals surface area contributed by atoms with Gasteiger partial charge in [-0.05, 0) is 37.0 Å².